The van der Waals surface area contributed by atoms with Crippen molar-refractivity contribution in [2.24, 2.45) is 0 Å². The van der Waals surface area contributed by atoms with Crippen LogP contribution < -0.4 is 0 Å². The summed E-state index contributed by atoms with van der Waals surface area (Å²) in [6.07, 6.45) is -0.748. The monoisotopic (exact) mass is 252 g/mol. The SMILES string of the molecule is OC(CCl)c1ccc(F)cc1Br. The molecule has 0 amide bonds. The van der Waals surface area contributed by atoms with E-state index in [0.29, 0.717) is 10.0 Å². The van der Waals surface area contributed by atoms with Crippen molar-refractivity contribution in [3.8, 4) is 0 Å². The van der Waals surface area contributed by atoms with E-state index in [2.05, 4.69) is 15.9 Å². The Morgan fingerprint density at radius 2 is 2.25 bits per heavy atom. The van der Waals surface area contributed by atoms with E-state index in [1.54, 1.807) is 0 Å². The first-order valence-electron chi connectivity index (χ1n) is 3.34. The van der Waals surface area contributed by atoms with Crippen molar-refractivity contribution in [1.82, 2.24) is 0 Å². The topological polar surface area (TPSA) is 20.2 Å². The van der Waals surface area contributed by atoms with Gasteiger partial charge >= 0.3 is 0 Å². The average molecular weight is 253 g/mol. The van der Waals surface area contributed by atoms with Crippen LogP contribution in [0.4, 0.5) is 4.39 Å². The molecule has 0 aliphatic heterocycles. The molecule has 0 fully saturated rings. The lowest BCUT2D eigenvalue weighted by Crippen LogP contribution is -1.99. The summed E-state index contributed by atoms with van der Waals surface area (Å²) in [6.45, 7) is 0. The van der Waals surface area contributed by atoms with Crippen molar-refractivity contribution in [2.75, 3.05) is 5.88 Å². The first-order valence-corrected chi connectivity index (χ1v) is 4.67. The van der Waals surface area contributed by atoms with Crippen molar-refractivity contribution >= 4 is 27.5 Å². The van der Waals surface area contributed by atoms with Crippen LogP contribution in [0.3, 0.4) is 0 Å². The lowest BCUT2D eigenvalue weighted by atomic mass is 10.1. The Labute approximate surface area is 83.3 Å². The summed E-state index contributed by atoms with van der Waals surface area (Å²) in [4.78, 5) is 0. The lowest BCUT2D eigenvalue weighted by Gasteiger charge is -2.08. The molecular formula is C8H7BrClFO. The average Bonchev–Trinajstić information content (AvgIpc) is 2.03. The van der Waals surface area contributed by atoms with E-state index in [-0.39, 0.29) is 11.7 Å². The molecule has 1 unspecified atom stereocenters. The number of halogens is 3. The van der Waals surface area contributed by atoms with Crippen LogP contribution in [-0.2, 0) is 0 Å². The van der Waals surface area contributed by atoms with E-state index in [0.717, 1.165) is 0 Å². The molecule has 1 aromatic carbocycles. The highest BCUT2D eigenvalue weighted by molar-refractivity contribution is 9.10. The van der Waals surface area contributed by atoms with Crippen LogP contribution in [0, 0.1) is 5.82 Å². The summed E-state index contributed by atoms with van der Waals surface area (Å²) in [5.74, 6) is -0.239. The maximum absolute atomic E-state index is 12.6. The molecule has 0 aromatic heterocycles. The van der Waals surface area contributed by atoms with Gasteiger partial charge in [0, 0.05) is 4.47 Å². The Balaban J connectivity index is 3.01. The molecule has 0 saturated carbocycles. The van der Waals surface area contributed by atoms with E-state index in [9.17, 15) is 9.50 Å². The fourth-order valence-corrected chi connectivity index (χ4v) is 1.64. The second-order valence-corrected chi connectivity index (χ2v) is 3.50. The molecule has 0 aliphatic carbocycles. The van der Waals surface area contributed by atoms with Crippen molar-refractivity contribution in [3.05, 3.63) is 34.1 Å². The molecule has 0 bridgehead atoms. The molecule has 1 aromatic rings. The summed E-state index contributed by atoms with van der Waals surface area (Å²) < 4.78 is 13.1. The summed E-state index contributed by atoms with van der Waals surface area (Å²) in [6, 6.07) is 4.09. The van der Waals surface area contributed by atoms with Gasteiger partial charge in [-0.25, -0.2) is 4.39 Å². The molecule has 4 heteroatoms. The smallest absolute Gasteiger partial charge is 0.124 e. The molecule has 1 N–H and O–H groups in total. The minimum Gasteiger partial charge on any atom is -0.387 e. The molecule has 0 heterocycles. The predicted molar refractivity (Wildman–Crippen MR) is 49.8 cm³/mol. The van der Waals surface area contributed by atoms with Gasteiger partial charge in [-0.05, 0) is 17.7 Å². The van der Waals surface area contributed by atoms with E-state index < -0.39 is 6.10 Å². The fourth-order valence-electron chi connectivity index (χ4n) is 0.855. The van der Waals surface area contributed by atoms with Gasteiger partial charge in [-0.3, -0.25) is 0 Å². The van der Waals surface area contributed by atoms with Gasteiger partial charge in [-0.2, -0.15) is 0 Å². The van der Waals surface area contributed by atoms with Gasteiger partial charge in [-0.15, -0.1) is 11.6 Å². The second kappa shape index (κ2) is 4.21. The van der Waals surface area contributed by atoms with Gasteiger partial charge in [0.25, 0.3) is 0 Å². The molecule has 0 spiro atoms. The minimum atomic E-state index is -0.748. The van der Waals surface area contributed by atoms with Crippen LogP contribution >= 0.6 is 27.5 Å². The van der Waals surface area contributed by atoms with Crippen molar-refractivity contribution in [1.29, 1.82) is 0 Å². The van der Waals surface area contributed by atoms with Crippen LogP contribution in [-0.4, -0.2) is 11.0 Å². The summed E-state index contributed by atoms with van der Waals surface area (Å²) >= 11 is 8.56. The van der Waals surface area contributed by atoms with Crippen LogP contribution in [0.2, 0.25) is 0 Å². The number of rotatable bonds is 2. The number of hydrogen-bond donors (Lipinski definition) is 1. The van der Waals surface area contributed by atoms with Crippen LogP contribution in [0.25, 0.3) is 0 Å². The summed E-state index contributed by atoms with van der Waals surface area (Å²) in [5.41, 5.74) is 0.603. The molecule has 0 saturated heterocycles. The van der Waals surface area contributed by atoms with Gasteiger partial charge in [0.1, 0.15) is 5.82 Å². The van der Waals surface area contributed by atoms with Gasteiger partial charge in [0.2, 0.25) is 0 Å². The molecule has 0 aliphatic rings. The standard InChI is InChI=1S/C8H7BrClFO/c9-7-3-5(11)1-2-6(7)8(12)4-10/h1-3,8,12H,4H2. The van der Waals surface area contributed by atoms with E-state index in [4.69, 9.17) is 11.6 Å². The Hall–Kier alpha value is -0.120. The molecule has 66 valence electrons. The maximum Gasteiger partial charge on any atom is 0.124 e. The van der Waals surface area contributed by atoms with Gasteiger partial charge in [0.05, 0.1) is 12.0 Å². The maximum atomic E-state index is 12.6. The number of alkyl halides is 1. The Morgan fingerprint density at radius 3 is 2.75 bits per heavy atom. The molecule has 1 atom stereocenters. The second-order valence-electron chi connectivity index (χ2n) is 2.34. The first kappa shape index (κ1) is 9.96. The largest absolute Gasteiger partial charge is 0.387 e. The van der Waals surface area contributed by atoms with E-state index in [1.807, 2.05) is 0 Å². The molecular weight excluding hydrogens is 246 g/mol. The van der Waals surface area contributed by atoms with Crippen molar-refractivity contribution in [3.63, 3.8) is 0 Å². The van der Waals surface area contributed by atoms with Crippen molar-refractivity contribution in [2.45, 2.75) is 6.10 Å². The molecule has 12 heavy (non-hydrogen) atoms. The third-order valence-electron chi connectivity index (χ3n) is 1.47. The summed E-state index contributed by atoms with van der Waals surface area (Å²) in [5, 5.41) is 9.32. The van der Waals surface area contributed by atoms with Crippen LogP contribution in [0.5, 0.6) is 0 Å². The third kappa shape index (κ3) is 2.19. The minimum absolute atomic E-state index is 0.101. The highest BCUT2D eigenvalue weighted by atomic mass is 79.9. The zero-order valence-corrected chi connectivity index (χ0v) is 8.44. The van der Waals surface area contributed by atoms with E-state index >= 15 is 0 Å². The Bertz CT molecular complexity index is 280. The number of aliphatic hydroxyl groups is 1. The van der Waals surface area contributed by atoms with Gasteiger partial charge < -0.3 is 5.11 Å². The molecule has 1 nitrogen and oxygen atoms in total. The first-order chi connectivity index (χ1) is 5.65. The predicted octanol–water partition coefficient (Wildman–Crippen LogP) is 2.86. The highest BCUT2D eigenvalue weighted by Crippen LogP contribution is 2.24. The number of benzene rings is 1. The zero-order chi connectivity index (χ0) is 9.14. The molecule has 1 rings (SSSR count). The lowest BCUT2D eigenvalue weighted by molar-refractivity contribution is 0.202. The van der Waals surface area contributed by atoms with Gasteiger partial charge in [-0.1, -0.05) is 22.0 Å². The van der Waals surface area contributed by atoms with Crippen LogP contribution in [0.1, 0.15) is 11.7 Å². The molecule has 0 radical (unpaired) electrons. The Kier molecular flexibility index (Phi) is 3.50. The third-order valence-corrected chi connectivity index (χ3v) is 2.45. The van der Waals surface area contributed by atoms with E-state index in [1.165, 1.54) is 18.2 Å². The quantitative estimate of drug-likeness (QED) is 0.804. The normalized spacial score (nSPS) is 13.0. The zero-order valence-electron chi connectivity index (χ0n) is 6.10. The highest BCUT2D eigenvalue weighted by Gasteiger charge is 2.09. The van der Waals surface area contributed by atoms with Crippen LogP contribution in [0.15, 0.2) is 22.7 Å². The number of aliphatic hydroxyl groups excluding tert-OH is 1. The van der Waals surface area contributed by atoms with Gasteiger partial charge in [0.15, 0.2) is 0 Å². The number of hydrogen-bond acceptors (Lipinski definition) is 1. The summed E-state index contributed by atoms with van der Waals surface area (Å²) in [7, 11) is 0. The fraction of sp³-hybridized carbons (Fsp3) is 0.250. The Morgan fingerprint density at radius 1 is 1.58 bits per heavy atom. The van der Waals surface area contributed by atoms with Crippen molar-refractivity contribution < 1.29 is 9.50 Å².